The molecule has 25 heavy (non-hydrogen) atoms. The van der Waals surface area contributed by atoms with Gasteiger partial charge in [-0.15, -0.1) is 0 Å². The molecule has 0 radical (unpaired) electrons. The minimum absolute atomic E-state index is 0.591. The number of likely N-dealkylation sites (tertiary alicyclic amines) is 1. The highest BCUT2D eigenvalue weighted by molar-refractivity contribution is 6.04. The van der Waals surface area contributed by atoms with Crippen molar-refractivity contribution in [3.63, 3.8) is 0 Å². The van der Waals surface area contributed by atoms with Crippen LogP contribution in [0.25, 0.3) is 0 Å². The topological polar surface area (TPSA) is 85.0 Å². The molecular formula is C20H15N3O2. The molecule has 5 heteroatoms. The van der Waals surface area contributed by atoms with E-state index in [2.05, 4.69) is 12.1 Å². The van der Waals surface area contributed by atoms with Crippen LogP contribution in [0.1, 0.15) is 11.1 Å². The van der Waals surface area contributed by atoms with E-state index < -0.39 is 29.1 Å². The Hall–Kier alpha value is -3.44. The first-order valence-corrected chi connectivity index (χ1v) is 7.80. The summed E-state index contributed by atoms with van der Waals surface area (Å²) in [6, 6.07) is 21.9. The maximum atomic E-state index is 12.8. The molecule has 5 nitrogen and oxygen atoms in total. The molecule has 3 rings (SSSR count). The number of hydrogen-bond donors (Lipinski definition) is 0. The minimum atomic E-state index is -1.34. The molecule has 122 valence electrons. The Labute approximate surface area is 145 Å². The molecule has 2 unspecified atom stereocenters. The molecule has 0 aliphatic carbocycles. The van der Waals surface area contributed by atoms with Crippen LogP contribution in [-0.4, -0.2) is 23.8 Å². The Kier molecular flexibility index (Phi) is 4.09. The lowest BCUT2D eigenvalue weighted by molar-refractivity contribution is -0.154. The van der Waals surface area contributed by atoms with Crippen molar-refractivity contribution >= 4 is 11.8 Å². The maximum Gasteiger partial charge on any atom is 0.247 e. The number of imide groups is 1. The SMILES string of the molecule is CN1C(=O)C(C#N)C(c2ccccc2)(c2ccccc2)C(C#N)C1=O. The third kappa shape index (κ3) is 2.21. The summed E-state index contributed by atoms with van der Waals surface area (Å²) in [6.45, 7) is 0. The predicted octanol–water partition coefficient (Wildman–Crippen LogP) is 2.25. The second-order valence-corrected chi connectivity index (χ2v) is 5.96. The highest BCUT2D eigenvalue weighted by Crippen LogP contribution is 2.49. The Bertz CT molecular complexity index is 819. The van der Waals surface area contributed by atoms with Crippen molar-refractivity contribution in [3.05, 3.63) is 71.8 Å². The number of carbonyl (C=O) groups excluding carboxylic acids is 2. The highest BCUT2D eigenvalue weighted by atomic mass is 16.2. The zero-order valence-electron chi connectivity index (χ0n) is 13.6. The van der Waals surface area contributed by atoms with Crippen LogP contribution < -0.4 is 0 Å². The quantitative estimate of drug-likeness (QED) is 0.791. The fourth-order valence-electron chi connectivity index (χ4n) is 3.63. The van der Waals surface area contributed by atoms with Crippen LogP contribution in [-0.2, 0) is 15.0 Å². The number of rotatable bonds is 2. The highest BCUT2D eigenvalue weighted by Gasteiger charge is 2.60. The first kappa shape index (κ1) is 16.4. The van der Waals surface area contributed by atoms with Gasteiger partial charge in [-0.1, -0.05) is 60.7 Å². The summed E-state index contributed by atoms with van der Waals surface area (Å²) in [6.07, 6.45) is 0. The Morgan fingerprint density at radius 3 is 1.48 bits per heavy atom. The molecule has 1 heterocycles. The van der Waals surface area contributed by atoms with Gasteiger partial charge in [0.25, 0.3) is 0 Å². The van der Waals surface area contributed by atoms with Crippen molar-refractivity contribution < 1.29 is 9.59 Å². The molecule has 0 aromatic heterocycles. The lowest BCUT2D eigenvalue weighted by Crippen LogP contribution is -2.60. The number of hydrogen-bond acceptors (Lipinski definition) is 4. The third-order valence-corrected chi connectivity index (χ3v) is 4.83. The van der Waals surface area contributed by atoms with E-state index in [1.165, 1.54) is 7.05 Å². The Morgan fingerprint density at radius 1 is 0.800 bits per heavy atom. The summed E-state index contributed by atoms with van der Waals surface area (Å²) >= 11 is 0. The van der Waals surface area contributed by atoms with Crippen LogP contribution in [0.2, 0.25) is 0 Å². The van der Waals surface area contributed by atoms with E-state index in [4.69, 9.17) is 0 Å². The van der Waals surface area contributed by atoms with Gasteiger partial charge in [0, 0.05) is 7.05 Å². The molecule has 2 aromatic carbocycles. The van der Waals surface area contributed by atoms with Gasteiger partial charge in [-0.2, -0.15) is 10.5 Å². The number of piperidine rings is 1. The first-order valence-electron chi connectivity index (χ1n) is 7.80. The first-order chi connectivity index (χ1) is 12.1. The van der Waals surface area contributed by atoms with Crippen LogP contribution in [0.3, 0.4) is 0 Å². The zero-order valence-corrected chi connectivity index (χ0v) is 13.6. The number of nitrogens with zero attached hydrogens (tertiary/aromatic N) is 3. The van der Waals surface area contributed by atoms with Gasteiger partial charge in [-0.25, -0.2) is 0 Å². The Morgan fingerprint density at radius 2 is 1.16 bits per heavy atom. The van der Waals surface area contributed by atoms with Crippen molar-refractivity contribution in [1.29, 1.82) is 10.5 Å². The van der Waals surface area contributed by atoms with Gasteiger partial charge in [0.1, 0.15) is 11.8 Å². The molecule has 0 saturated carbocycles. The zero-order chi connectivity index (χ0) is 18.0. The van der Waals surface area contributed by atoms with Gasteiger partial charge in [0.2, 0.25) is 11.8 Å². The predicted molar refractivity (Wildman–Crippen MR) is 89.6 cm³/mol. The van der Waals surface area contributed by atoms with Crippen molar-refractivity contribution in [3.8, 4) is 12.1 Å². The second-order valence-electron chi connectivity index (χ2n) is 5.96. The summed E-state index contributed by atoms with van der Waals surface area (Å²) in [5.41, 5.74) is -0.129. The van der Waals surface area contributed by atoms with Crippen LogP contribution >= 0.6 is 0 Å². The molecule has 0 bridgehead atoms. The molecule has 2 atom stereocenters. The summed E-state index contributed by atoms with van der Waals surface area (Å²) in [7, 11) is 1.32. The van der Waals surface area contributed by atoms with E-state index in [-0.39, 0.29) is 0 Å². The molecule has 2 amide bonds. The molecule has 2 aromatic rings. The standard InChI is InChI=1S/C20H15N3O2/c1-23-18(24)16(12-21)20(17(13-22)19(23)25,14-8-4-2-5-9-14)15-10-6-3-7-11-15/h2-11,16-17H,1H3. The largest absolute Gasteiger partial charge is 0.283 e. The van der Waals surface area contributed by atoms with Crippen LogP contribution in [0, 0.1) is 34.5 Å². The van der Waals surface area contributed by atoms with Gasteiger partial charge < -0.3 is 0 Å². The van der Waals surface area contributed by atoms with Crippen molar-refractivity contribution in [2.45, 2.75) is 5.41 Å². The maximum absolute atomic E-state index is 12.8. The van der Waals surface area contributed by atoms with Gasteiger partial charge in [0.05, 0.1) is 17.6 Å². The summed E-state index contributed by atoms with van der Waals surface area (Å²) in [4.78, 5) is 26.4. The third-order valence-electron chi connectivity index (χ3n) is 4.83. The minimum Gasteiger partial charge on any atom is -0.283 e. The number of amides is 2. The molecule has 0 spiro atoms. The molecule has 1 aliphatic heterocycles. The second kappa shape index (κ2) is 6.22. The fraction of sp³-hybridized carbons (Fsp3) is 0.200. The van der Waals surface area contributed by atoms with Crippen molar-refractivity contribution in [1.82, 2.24) is 4.90 Å². The average Bonchev–Trinajstić information content (AvgIpc) is 2.67. The molecule has 0 N–H and O–H groups in total. The van der Waals surface area contributed by atoms with E-state index in [1.54, 1.807) is 48.5 Å². The molecule has 1 aliphatic rings. The normalized spacial score (nSPS) is 22.1. The van der Waals surface area contributed by atoms with Gasteiger partial charge in [0.15, 0.2) is 0 Å². The smallest absolute Gasteiger partial charge is 0.247 e. The van der Waals surface area contributed by atoms with Crippen LogP contribution in [0.15, 0.2) is 60.7 Å². The van der Waals surface area contributed by atoms with Crippen molar-refractivity contribution in [2.75, 3.05) is 7.05 Å². The van der Waals surface area contributed by atoms with Crippen molar-refractivity contribution in [2.24, 2.45) is 11.8 Å². The van der Waals surface area contributed by atoms with Gasteiger partial charge in [-0.05, 0) is 11.1 Å². The Balaban J connectivity index is 2.43. The summed E-state index contributed by atoms with van der Waals surface area (Å²) < 4.78 is 0. The molecule has 1 saturated heterocycles. The van der Waals surface area contributed by atoms with E-state index in [1.807, 2.05) is 12.1 Å². The van der Waals surface area contributed by atoms with Crippen LogP contribution in [0.5, 0.6) is 0 Å². The van der Waals surface area contributed by atoms with E-state index in [0.717, 1.165) is 4.90 Å². The fourth-order valence-corrected chi connectivity index (χ4v) is 3.63. The van der Waals surface area contributed by atoms with E-state index in [9.17, 15) is 20.1 Å². The van der Waals surface area contributed by atoms with Gasteiger partial charge in [-0.3, -0.25) is 14.5 Å². The van der Waals surface area contributed by atoms with E-state index in [0.29, 0.717) is 11.1 Å². The summed E-state index contributed by atoms with van der Waals surface area (Å²) in [5.74, 6) is -3.53. The number of benzene rings is 2. The monoisotopic (exact) mass is 329 g/mol. The molecular weight excluding hydrogens is 314 g/mol. The van der Waals surface area contributed by atoms with E-state index >= 15 is 0 Å². The lowest BCUT2D eigenvalue weighted by Gasteiger charge is -2.45. The van der Waals surface area contributed by atoms with Crippen LogP contribution in [0.4, 0.5) is 0 Å². The summed E-state index contributed by atoms with van der Waals surface area (Å²) in [5, 5.41) is 19.6. The lowest BCUT2D eigenvalue weighted by atomic mass is 9.57. The molecule has 1 fully saturated rings. The number of carbonyl (C=O) groups is 2. The number of nitriles is 2. The average molecular weight is 329 g/mol. The van der Waals surface area contributed by atoms with Gasteiger partial charge >= 0.3 is 0 Å².